The van der Waals surface area contributed by atoms with Gasteiger partial charge in [0.05, 0.1) is 70.0 Å². The van der Waals surface area contributed by atoms with E-state index in [4.69, 9.17) is 42.6 Å². The van der Waals surface area contributed by atoms with E-state index in [2.05, 4.69) is 79.1 Å². The van der Waals surface area contributed by atoms with Gasteiger partial charge in [0.2, 0.25) is 36.0 Å². The Labute approximate surface area is 603 Å². The Morgan fingerprint density at radius 2 is 0.886 bits per heavy atom. The molecule has 6 aliphatic heterocycles. The van der Waals surface area contributed by atoms with E-state index in [1.165, 1.54) is 13.8 Å². The summed E-state index contributed by atoms with van der Waals surface area (Å²) in [7, 11) is 0. The van der Waals surface area contributed by atoms with Gasteiger partial charge in [-0.15, -0.1) is 0 Å². The third-order valence-corrected chi connectivity index (χ3v) is 13.5. The van der Waals surface area contributed by atoms with Gasteiger partial charge in [0.15, 0.2) is 0 Å². The van der Waals surface area contributed by atoms with Crippen molar-refractivity contribution in [2.75, 3.05) is 65.9 Å². The lowest BCUT2D eigenvalue weighted by molar-refractivity contribution is -0.163. The molecule has 6 unspecified atom stereocenters. The highest BCUT2D eigenvalue weighted by atomic mass is 16.6. The van der Waals surface area contributed by atoms with Crippen LogP contribution in [-0.2, 0) is 148 Å². The van der Waals surface area contributed by atoms with Gasteiger partial charge in [-0.1, -0.05) is 71.5 Å². The number of rotatable bonds is 28. The number of carbonyl (C=O) groups excluding carboxylic acids is 18. The molecule has 35 nitrogen and oxygen atoms in total. The van der Waals surface area contributed by atoms with Crippen molar-refractivity contribution >= 4 is 113 Å². The van der Waals surface area contributed by atoms with E-state index < -0.39 is 120 Å². The second-order valence-electron chi connectivity index (χ2n) is 23.8. The van der Waals surface area contributed by atoms with Crippen LogP contribution in [0, 0.1) is 5.41 Å². The Morgan fingerprint density at radius 3 is 1.27 bits per heavy atom. The topological polar surface area (TPSA) is 473 Å². The Kier molecular flexibility index (Phi) is 39.2. The van der Waals surface area contributed by atoms with Crippen LogP contribution in [0.3, 0.4) is 0 Å². The highest BCUT2D eigenvalue weighted by molar-refractivity contribution is 5.99. The second kappa shape index (κ2) is 46.0. The molecule has 0 aliphatic carbocycles. The molecule has 105 heavy (non-hydrogen) atoms. The Bertz CT molecular complexity index is 3470. The van der Waals surface area contributed by atoms with Gasteiger partial charge in [-0.25, -0.2) is 28.8 Å². The first-order chi connectivity index (χ1) is 49.3. The lowest BCUT2D eigenvalue weighted by atomic mass is 9.90. The zero-order valence-electron chi connectivity index (χ0n) is 59.3. The van der Waals surface area contributed by atoms with E-state index in [1.807, 2.05) is 0 Å². The zero-order chi connectivity index (χ0) is 79.1. The maximum absolute atomic E-state index is 11.7. The van der Waals surface area contributed by atoms with Crippen molar-refractivity contribution in [2.24, 2.45) is 5.41 Å². The summed E-state index contributed by atoms with van der Waals surface area (Å²) in [4.78, 5) is 200. The highest BCUT2D eigenvalue weighted by Gasteiger charge is 2.46. The Balaban J connectivity index is 0.000000430. The van der Waals surface area contributed by atoms with Crippen molar-refractivity contribution in [1.82, 2.24) is 16.0 Å². The molecule has 0 aromatic heterocycles. The SMILES string of the molecule is C=C(C)C(=O)NCCC(=O)OC1C(=O)OCC1(C)C.C=C(C)C(=O)NCCC(=O)OC1CCOC1=O.C=C(C)C(=O)NCCC(=O)OC1COC(=O)C1.C=C(C)C(=O)OC1CC(=O)OC1=O.C=C(C)C(=O)OCCOC(=O)CCC(=O)OC1COC(=O)C1.C=Cc1ccc(C(=O)OC2COC(=O)C2)cc1. The molecule has 7 rings (SSSR count). The molecular formula is C70H87N3O32. The van der Waals surface area contributed by atoms with Crippen LogP contribution in [0.1, 0.15) is 129 Å². The molecule has 6 atom stereocenters. The van der Waals surface area contributed by atoms with Crippen LogP contribution in [0.5, 0.6) is 0 Å². The van der Waals surface area contributed by atoms with Crippen molar-refractivity contribution in [3.05, 3.63) is 103 Å². The highest BCUT2D eigenvalue weighted by Crippen LogP contribution is 2.31. The number of carbonyl (C=O) groups is 18. The van der Waals surface area contributed by atoms with E-state index in [1.54, 1.807) is 65.0 Å². The number of benzene rings is 1. The van der Waals surface area contributed by atoms with Gasteiger partial charge in [-0.2, -0.15) is 0 Å². The van der Waals surface area contributed by atoms with Crippen LogP contribution in [0.25, 0.3) is 6.08 Å². The predicted octanol–water partition coefficient (Wildman–Crippen LogP) is 2.46. The average molecular weight is 1480 g/mol. The minimum atomic E-state index is -1.10. The third-order valence-electron chi connectivity index (χ3n) is 13.5. The molecule has 6 aliphatic rings. The lowest BCUT2D eigenvalue weighted by Gasteiger charge is -2.21. The van der Waals surface area contributed by atoms with Crippen LogP contribution in [0.2, 0.25) is 0 Å². The van der Waals surface area contributed by atoms with Crippen LogP contribution in [0.4, 0.5) is 0 Å². The third kappa shape index (κ3) is 36.7. The number of amides is 3. The molecule has 0 saturated carbocycles. The fraction of sp³-hybridized carbons (Fsp3) is 0.486. The van der Waals surface area contributed by atoms with Gasteiger partial charge in [0.25, 0.3) is 0 Å². The van der Waals surface area contributed by atoms with E-state index in [0.29, 0.717) is 28.7 Å². The molecule has 1 aromatic carbocycles. The fourth-order valence-corrected chi connectivity index (χ4v) is 7.84. The summed E-state index contributed by atoms with van der Waals surface area (Å²) in [5.41, 5.74) is 2.42. The number of cyclic esters (lactones) is 7. The van der Waals surface area contributed by atoms with Gasteiger partial charge < -0.3 is 82.3 Å². The average Bonchev–Trinajstić information content (AvgIpc) is 1.62. The summed E-state index contributed by atoms with van der Waals surface area (Å²) in [6.07, 6.45) is -2.41. The van der Waals surface area contributed by atoms with E-state index in [0.717, 1.165) is 5.56 Å². The molecule has 0 bridgehead atoms. The Morgan fingerprint density at radius 1 is 0.457 bits per heavy atom. The maximum atomic E-state index is 11.7. The van der Waals surface area contributed by atoms with Gasteiger partial charge in [-0.3, -0.25) is 57.5 Å². The van der Waals surface area contributed by atoms with Crippen molar-refractivity contribution in [2.45, 2.75) is 149 Å². The summed E-state index contributed by atoms with van der Waals surface area (Å²) in [5, 5.41) is 7.52. The van der Waals surface area contributed by atoms with Crippen LogP contribution in [0.15, 0.2) is 91.6 Å². The first-order valence-electron chi connectivity index (χ1n) is 32.2. The monoisotopic (exact) mass is 1480 g/mol. The van der Waals surface area contributed by atoms with Crippen molar-refractivity contribution < 1.29 is 153 Å². The molecule has 6 heterocycles. The number of hydrogen-bond donors (Lipinski definition) is 3. The first-order valence-corrected chi connectivity index (χ1v) is 32.2. The van der Waals surface area contributed by atoms with Crippen LogP contribution in [-0.4, -0.2) is 210 Å². The Hall–Kier alpha value is -11.7. The lowest BCUT2D eigenvalue weighted by Crippen LogP contribution is -2.36. The normalized spacial score (nSPS) is 18.8. The number of nitrogens with one attached hydrogen (secondary N) is 3. The van der Waals surface area contributed by atoms with E-state index in [-0.39, 0.29) is 164 Å². The fourth-order valence-electron chi connectivity index (χ4n) is 7.84. The zero-order valence-corrected chi connectivity index (χ0v) is 59.3. The van der Waals surface area contributed by atoms with Gasteiger partial charge in [0.1, 0.15) is 58.0 Å². The van der Waals surface area contributed by atoms with Crippen molar-refractivity contribution in [3.8, 4) is 0 Å². The molecule has 0 radical (unpaired) electrons. The van der Waals surface area contributed by atoms with Crippen molar-refractivity contribution in [1.29, 1.82) is 0 Å². The van der Waals surface area contributed by atoms with Crippen LogP contribution < -0.4 is 16.0 Å². The molecule has 3 amide bonds. The van der Waals surface area contributed by atoms with Crippen LogP contribution >= 0.6 is 0 Å². The van der Waals surface area contributed by atoms with E-state index in [9.17, 15) is 86.3 Å². The molecule has 35 heteroatoms. The van der Waals surface area contributed by atoms with Crippen molar-refractivity contribution in [3.63, 3.8) is 0 Å². The predicted molar refractivity (Wildman–Crippen MR) is 356 cm³/mol. The molecule has 6 fully saturated rings. The molecule has 6 saturated heterocycles. The smallest absolute Gasteiger partial charge is 0.355 e. The minimum absolute atomic E-state index is 0.00111. The molecule has 3 N–H and O–H groups in total. The number of ether oxygens (including phenoxy) is 14. The maximum Gasteiger partial charge on any atom is 0.355 e. The van der Waals surface area contributed by atoms with E-state index >= 15 is 0 Å². The quantitative estimate of drug-likeness (QED) is 0.0356. The summed E-state index contributed by atoms with van der Waals surface area (Å²) >= 11 is 0. The van der Waals surface area contributed by atoms with Gasteiger partial charge in [0, 0.05) is 59.3 Å². The second-order valence-corrected chi connectivity index (χ2v) is 23.8. The standard InChI is InChI=1S/C14H18O8.C13H19NO5.C13H12O4.2C11H15NO5.C8H8O5/c1-9(2)14(18)20-6-5-19-11(15)3-4-12(16)22-10-7-13(17)21-8-10;1-8(2)11(16)14-6-5-9(15)19-10-12(17)18-7-13(10,3)4;1-2-9-3-5-10(6-4-9)13(15)17-11-7-12(14)16-8-11;1-7(2)10(14)12-5-3-9(13)17-8-4-6-16-11(8)15;1-7(2)11(15)12-4-3-9(13)17-8-5-10(14)16-6-8;1-4(2)7(10)12-5-3-6(9)13-8(5)11/h10H,1,3-8H2,2H3;10H,1,5-7H2,2-4H3,(H,14,16);2-6,11H,1,7-8H2;8H,1,3-6H2,2H3,(H,12,14);8H,1,3-6H2,2H3,(H,12,15);5H,1,3H2,2H3. The number of esters is 15. The van der Waals surface area contributed by atoms with Gasteiger partial charge >= 0.3 is 89.5 Å². The molecule has 574 valence electrons. The minimum Gasteiger partial charge on any atom is -0.463 e. The summed E-state index contributed by atoms with van der Waals surface area (Å²) in [5.74, 6) is -9.00. The molecule has 0 spiro atoms. The largest absolute Gasteiger partial charge is 0.463 e. The summed E-state index contributed by atoms with van der Waals surface area (Å²) in [6.45, 7) is 33.1. The molecular weight excluding hydrogens is 1390 g/mol. The summed E-state index contributed by atoms with van der Waals surface area (Å²) in [6, 6.07) is 6.88. The molecule has 1 aromatic rings. The first kappa shape index (κ1) is 89.4. The van der Waals surface area contributed by atoms with Gasteiger partial charge in [-0.05, 0) is 52.3 Å². The summed E-state index contributed by atoms with van der Waals surface area (Å²) < 4.78 is 66.8. The number of hydrogen-bond acceptors (Lipinski definition) is 32.